The van der Waals surface area contributed by atoms with Crippen molar-refractivity contribution in [1.82, 2.24) is 9.88 Å². The van der Waals surface area contributed by atoms with Crippen molar-refractivity contribution in [3.63, 3.8) is 0 Å². The maximum Gasteiger partial charge on any atom is 0.255 e. The first kappa shape index (κ1) is 21.5. The van der Waals surface area contributed by atoms with E-state index < -0.39 is 0 Å². The van der Waals surface area contributed by atoms with E-state index in [4.69, 9.17) is 5.73 Å². The van der Waals surface area contributed by atoms with Crippen molar-refractivity contribution in [2.75, 3.05) is 23.7 Å². The Bertz CT molecular complexity index is 1060. The third-order valence-corrected chi connectivity index (χ3v) is 5.70. The third kappa shape index (κ3) is 5.70. The van der Waals surface area contributed by atoms with Gasteiger partial charge in [-0.1, -0.05) is 12.1 Å². The summed E-state index contributed by atoms with van der Waals surface area (Å²) in [5.74, 6) is -0.362. The number of primary amides is 1. The molecule has 0 saturated carbocycles. The maximum atomic E-state index is 12.7. The van der Waals surface area contributed by atoms with E-state index in [0.717, 1.165) is 55.1 Å². The molecule has 4 rings (SSSR count). The normalized spacial score (nSPS) is 14.6. The van der Waals surface area contributed by atoms with Crippen molar-refractivity contribution in [2.45, 2.75) is 19.4 Å². The van der Waals surface area contributed by atoms with Crippen LogP contribution in [0.4, 0.5) is 17.1 Å². The van der Waals surface area contributed by atoms with Crippen LogP contribution in [0, 0.1) is 5.92 Å². The molecule has 1 saturated heterocycles. The van der Waals surface area contributed by atoms with Crippen molar-refractivity contribution in [2.24, 2.45) is 11.7 Å². The molecule has 32 heavy (non-hydrogen) atoms. The number of carbonyl (C=O) groups is 2. The van der Waals surface area contributed by atoms with Gasteiger partial charge in [0, 0.05) is 47.5 Å². The zero-order valence-electron chi connectivity index (χ0n) is 17.8. The SMILES string of the molecule is NC(=O)C1CCN(Cc2cccc(NC(=O)c3ccc(Nc4ccncc4)cc3)c2)CC1. The third-order valence-electron chi connectivity index (χ3n) is 5.70. The van der Waals surface area contributed by atoms with Gasteiger partial charge in [-0.15, -0.1) is 0 Å². The molecular formula is C25H27N5O2. The van der Waals surface area contributed by atoms with Crippen LogP contribution in [0.5, 0.6) is 0 Å². The number of benzene rings is 2. The first-order valence-corrected chi connectivity index (χ1v) is 10.8. The summed E-state index contributed by atoms with van der Waals surface area (Å²) in [5, 5.41) is 6.25. The van der Waals surface area contributed by atoms with E-state index in [0.29, 0.717) is 5.56 Å². The zero-order valence-corrected chi connectivity index (χ0v) is 17.8. The lowest BCUT2D eigenvalue weighted by Crippen LogP contribution is -2.38. The van der Waals surface area contributed by atoms with Crippen LogP contribution in [0.1, 0.15) is 28.8 Å². The summed E-state index contributed by atoms with van der Waals surface area (Å²) >= 11 is 0. The average Bonchev–Trinajstić information content (AvgIpc) is 2.81. The highest BCUT2D eigenvalue weighted by atomic mass is 16.2. The lowest BCUT2D eigenvalue weighted by molar-refractivity contribution is -0.123. The Morgan fingerprint density at radius 2 is 1.62 bits per heavy atom. The first-order valence-electron chi connectivity index (χ1n) is 10.8. The molecule has 2 heterocycles. The zero-order chi connectivity index (χ0) is 22.3. The van der Waals surface area contributed by atoms with E-state index in [2.05, 4.69) is 26.6 Å². The van der Waals surface area contributed by atoms with Gasteiger partial charge in [-0.25, -0.2) is 0 Å². The Morgan fingerprint density at radius 1 is 0.938 bits per heavy atom. The fourth-order valence-electron chi connectivity index (χ4n) is 3.89. The molecule has 0 radical (unpaired) electrons. The summed E-state index contributed by atoms with van der Waals surface area (Å²) in [4.78, 5) is 30.3. The number of piperidine rings is 1. The maximum absolute atomic E-state index is 12.7. The number of anilines is 3. The van der Waals surface area contributed by atoms with E-state index in [1.54, 1.807) is 24.5 Å². The van der Waals surface area contributed by atoms with Crippen molar-refractivity contribution < 1.29 is 9.59 Å². The van der Waals surface area contributed by atoms with Crippen LogP contribution in [0.2, 0.25) is 0 Å². The predicted octanol–water partition coefficient (Wildman–Crippen LogP) is 3.77. The topological polar surface area (TPSA) is 100 Å². The second-order valence-corrected chi connectivity index (χ2v) is 8.05. The summed E-state index contributed by atoms with van der Waals surface area (Å²) in [5.41, 5.74) is 9.73. The van der Waals surface area contributed by atoms with Crippen LogP contribution >= 0.6 is 0 Å². The van der Waals surface area contributed by atoms with E-state index >= 15 is 0 Å². The Balaban J connectivity index is 1.33. The number of nitrogens with two attached hydrogens (primary N) is 1. The molecule has 0 bridgehead atoms. The lowest BCUT2D eigenvalue weighted by Gasteiger charge is -2.30. The number of carbonyl (C=O) groups excluding carboxylic acids is 2. The van der Waals surface area contributed by atoms with E-state index in [1.165, 1.54) is 0 Å². The Hall–Kier alpha value is -3.71. The molecule has 7 nitrogen and oxygen atoms in total. The highest BCUT2D eigenvalue weighted by Gasteiger charge is 2.23. The molecule has 1 aliphatic rings. The number of rotatable bonds is 7. The molecular weight excluding hydrogens is 402 g/mol. The fraction of sp³-hybridized carbons (Fsp3) is 0.240. The summed E-state index contributed by atoms with van der Waals surface area (Å²) in [6, 6.07) is 19.0. The summed E-state index contributed by atoms with van der Waals surface area (Å²) < 4.78 is 0. The molecule has 7 heteroatoms. The van der Waals surface area contributed by atoms with Gasteiger partial charge in [0.25, 0.3) is 5.91 Å². The monoisotopic (exact) mass is 429 g/mol. The van der Waals surface area contributed by atoms with Gasteiger partial charge in [-0.2, -0.15) is 0 Å². The van der Waals surface area contributed by atoms with Gasteiger partial charge in [0.15, 0.2) is 0 Å². The van der Waals surface area contributed by atoms with Gasteiger partial charge in [0.2, 0.25) is 5.91 Å². The van der Waals surface area contributed by atoms with Gasteiger partial charge in [-0.3, -0.25) is 19.5 Å². The quantitative estimate of drug-likeness (QED) is 0.531. The Kier molecular flexibility index (Phi) is 6.77. The molecule has 0 aliphatic carbocycles. The van der Waals surface area contributed by atoms with Crippen LogP contribution in [-0.2, 0) is 11.3 Å². The number of hydrogen-bond acceptors (Lipinski definition) is 5. The fourth-order valence-corrected chi connectivity index (χ4v) is 3.89. The Morgan fingerprint density at radius 3 is 2.31 bits per heavy atom. The molecule has 164 valence electrons. The van der Waals surface area contributed by atoms with Crippen LogP contribution < -0.4 is 16.4 Å². The molecule has 2 aromatic carbocycles. The van der Waals surface area contributed by atoms with Gasteiger partial charge >= 0.3 is 0 Å². The number of nitrogens with zero attached hydrogens (tertiary/aromatic N) is 2. The summed E-state index contributed by atoms with van der Waals surface area (Å²) in [6.07, 6.45) is 5.05. The number of hydrogen-bond donors (Lipinski definition) is 3. The minimum Gasteiger partial charge on any atom is -0.369 e. The van der Waals surface area contributed by atoms with E-state index in [-0.39, 0.29) is 17.7 Å². The van der Waals surface area contributed by atoms with Crippen molar-refractivity contribution >= 4 is 28.9 Å². The summed E-state index contributed by atoms with van der Waals surface area (Å²) in [7, 11) is 0. The second kappa shape index (κ2) is 10.1. The number of nitrogens with one attached hydrogen (secondary N) is 2. The highest BCUT2D eigenvalue weighted by Crippen LogP contribution is 2.21. The highest BCUT2D eigenvalue weighted by molar-refractivity contribution is 6.04. The van der Waals surface area contributed by atoms with Crippen LogP contribution in [-0.4, -0.2) is 34.8 Å². The first-order chi connectivity index (χ1) is 15.6. The minimum absolute atomic E-state index is 0.0110. The lowest BCUT2D eigenvalue weighted by atomic mass is 9.96. The molecule has 1 fully saturated rings. The van der Waals surface area contributed by atoms with Crippen molar-refractivity contribution in [3.8, 4) is 0 Å². The Labute approximate surface area is 187 Å². The standard InChI is InChI=1S/C25H27N5O2/c26-24(31)19-10-14-30(15-11-19)17-18-2-1-3-23(16-18)29-25(32)20-4-6-21(7-5-20)28-22-8-12-27-13-9-22/h1-9,12-13,16,19H,10-11,14-15,17H2,(H2,26,31)(H,27,28)(H,29,32). The van der Waals surface area contributed by atoms with E-state index in [1.807, 2.05) is 42.5 Å². The second-order valence-electron chi connectivity index (χ2n) is 8.05. The summed E-state index contributed by atoms with van der Waals surface area (Å²) in [6.45, 7) is 2.48. The molecule has 1 aliphatic heterocycles. The molecule has 2 amide bonds. The number of likely N-dealkylation sites (tertiary alicyclic amines) is 1. The number of aromatic nitrogens is 1. The average molecular weight is 430 g/mol. The smallest absolute Gasteiger partial charge is 0.255 e. The molecule has 0 unspecified atom stereocenters. The van der Waals surface area contributed by atoms with Gasteiger partial charge < -0.3 is 16.4 Å². The van der Waals surface area contributed by atoms with Crippen LogP contribution in [0.15, 0.2) is 73.1 Å². The number of amides is 2. The predicted molar refractivity (Wildman–Crippen MR) is 126 cm³/mol. The molecule has 3 aromatic rings. The minimum atomic E-state index is -0.199. The van der Waals surface area contributed by atoms with Gasteiger partial charge in [-0.05, 0) is 80.0 Å². The number of pyridine rings is 1. The molecule has 0 spiro atoms. The van der Waals surface area contributed by atoms with Gasteiger partial charge in [0.1, 0.15) is 0 Å². The van der Waals surface area contributed by atoms with Crippen LogP contribution in [0.3, 0.4) is 0 Å². The molecule has 4 N–H and O–H groups in total. The van der Waals surface area contributed by atoms with E-state index in [9.17, 15) is 9.59 Å². The van der Waals surface area contributed by atoms with Crippen LogP contribution in [0.25, 0.3) is 0 Å². The van der Waals surface area contributed by atoms with Gasteiger partial charge in [0.05, 0.1) is 0 Å². The van der Waals surface area contributed by atoms with Crippen molar-refractivity contribution in [1.29, 1.82) is 0 Å². The molecule has 1 aromatic heterocycles. The van der Waals surface area contributed by atoms with Crippen molar-refractivity contribution in [3.05, 3.63) is 84.2 Å². The largest absolute Gasteiger partial charge is 0.369 e. The molecule has 0 atom stereocenters.